The van der Waals surface area contributed by atoms with Crippen molar-refractivity contribution in [3.8, 4) is 5.75 Å². The molecule has 0 aromatic heterocycles. The van der Waals surface area contributed by atoms with Gasteiger partial charge in [-0.2, -0.15) is 0 Å². The Hall–Kier alpha value is -2.28. The molecule has 0 unspecified atom stereocenters. The number of hydrogen-bond acceptors (Lipinski definition) is 5. The number of carbonyl (C=O) groups is 3. The van der Waals surface area contributed by atoms with Crippen LogP contribution < -0.4 is 10.1 Å². The second-order valence-corrected chi connectivity index (χ2v) is 7.29. The standard InChI is InChI=1S/C18H20N2O4S/c1-12-6-8-20(9-7-12)16(21)11-24-14-4-2-13(3-5-14)10-15-17(22)19-18(23)25-15/h2-5,10,12H,6-9,11H2,1H3,(H,19,22,23)/b15-10-. The van der Waals surface area contributed by atoms with Crippen LogP contribution in [0.5, 0.6) is 5.75 Å². The van der Waals surface area contributed by atoms with Gasteiger partial charge in [-0.1, -0.05) is 19.1 Å². The van der Waals surface area contributed by atoms with E-state index >= 15 is 0 Å². The molecular weight excluding hydrogens is 340 g/mol. The number of rotatable bonds is 4. The maximum absolute atomic E-state index is 12.2. The summed E-state index contributed by atoms with van der Waals surface area (Å²) in [5, 5.41) is 1.86. The Balaban J connectivity index is 1.53. The van der Waals surface area contributed by atoms with E-state index in [0.717, 1.165) is 43.3 Å². The van der Waals surface area contributed by atoms with Gasteiger partial charge in [0.15, 0.2) is 6.61 Å². The molecule has 1 aromatic rings. The van der Waals surface area contributed by atoms with Crippen molar-refractivity contribution in [3.63, 3.8) is 0 Å². The second kappa shape index (κ2) is 7.74. The zero-order chi connectivity index (χ0) is 17.8. The van der Waals surface area contributed by atoms with E-state index in [2.05, 4.69) is 12.2 Å². The lowest BCUT2D eigenvalue weighted by molar-refractivity contribution is -0.134. The summed E-state index contributed by atoms with van der Waals surface area (Å²) in [6.07, 6.45) is 3.74. The van der Waals surface area contributed by atoms with Crippen LogP contribution in [0.1, 0.15) is 25.3 Å². The molecule has 132 valence electrons. The van der Waals surface area contributed by atoms with Gasteiger partial charge in [-0.3, -0.25) is 19.7 Å². The number of ether oxygens (including phenoxy) is 1. The number of amides is 3. The molecule has 2 fully saturated rings. The fraction of sp³-hybridized carbons (Fsp3) is 0.389. The van der Waals surface area contributed by atoms with Crippen LogP contribution >= 0.6 is 11.8 Å². The molecular formula is C18H20N2O4S. The van der Waals surface area contributed by atoms with Gasteiger partial charge in [0, 0.05) is 13.1 Å². The Morgan fingerprint density at radius 3 is 2.56 bits per heavy atom. The van der Waals surface area contributed by atoms with E-state index in [9.17, 15) is 14.4 Å². The van der Waals surface area contributed by atoms with Crippen LogP contribution in [0.15, 0.2) is 29.2 Å². The molecule has 2 aliphatic heterocycles. The van der Waals surface area contributed by atoms with Gasteiger partial charge < -0.3 is 9.64 Å². The number of thioether (sulfide) groups is 1. The Labute approximate surface area is 150 Å². The monoisotopic (exact) mass is 360 g/mol. The van der Waals surface area contributed by atoms with Gasteiger partial charge in [0.25, 0.3) is 17.1 Å². The van der Waals surface area contributed by atoms with Crippen LogP contribution in [-0.2, 0) is 9.59 Å². The van der Waals surface area contributed by atoms with Crippen molar-refractivity contribution in [2.24, 2.45) is 5.92 Å². The third-order valence-electron chi connectivity index (χ3n) is 4.32. The molecule has 7 heteroatoms. The number of likely N-dealkylation sites (tertiary alicyclic amines) is 1. The Morgan fingerprint density at radius 1 is 1.28 bits per heavy atom. The topological polar surface area (TPSA) is 75.7 Å². The molecule has 3 rings (SSSR count). The molecule has 2 saturated heterocycles. The van der Waals surface area contributed by atoms with Crippen molar-refractivity contribution >= 4 is 34.9 Å². The third kappa shape index (κ3) is 4.63. The zero-order valence-corrected chi connectivity index (χ0v) is 14.8. The first-order chi connectivity index (χ1) is 12.0. The molecule has 0 spiro atoms. The van der Waals surface area contributed by atoms with E-state index in [1.54, 1.807) is 30.3 Å². The lowest BCUT2D eigenvalue weighted by atomic mass is 9.99. The average Bonchev–Trinajstić information content (AvgIpc) is 2.92. The van der Waals surface area contributed by atoms with Crippen molar-refractivity contribution in [1.29, 1.82) is 0 Å². The van der Waals surface area contributed by atoms with E-state index in [-0.39, 0.29) is 23.7 Å². The van der Waals surface area contributed by atoms with Crippen LogP contribution in [0.3, 0.4) is 0 Å². The van der Waals surface area contributed by atoms with E-state index in [4.69, 9.17) is 4.74 Å². The molecule has 1 aromatic carbocycles. The van der Waals surface area contributed by atoms with Crippen molar-refractivity contribution in [2.45, 2.75) is 19.8 Å². The van der Waals surface area contributed by atoms with Crippen molar-refractivity contribution in [3.05, 3.63) is 34.7 Å². The van der Waals surface area contributed by atoms with Crippen molar-refractivity contribution in [2.75, 3.05) is 19.7 Å². The van der Waals surface area contributed by atoms with Crippen LogP contribution in [0, 0.1) is 5.92 Å². The number of nitrogens with one attached hydrogen (secondary N) is 1. The van der Waals surface area contributed by atoms with Gasteiger partial charge in [-0.05, 0) is 54.3 Å². The number of benzene rings is 1. The lowest BCUT2D eigenvalue weighted by Gasteiger charge is -2.30. The summed E-state index contributed by atoms with van der Waals surface area (Å²) < 4.78 is 5.56. The minimum Gasteiger partial charge on any atom is -0.484 e. The van der Waals surface area contributed by atoms with Gasteiger partial charge in [0.1, 0.15) is 5.75 Å². The first-order valence-corrected chi connectivity index (χ1v) is 9.08. The maximum atomic E-state index is 12.2. The van der Waals surface area contributed by atoms with Gasteiger partial charge >= 0.3 is 0 Å². The van der Waals surface area contributed by atoms with Crippen molar-refractivity contribution in [1.82, 2.24) is 10.2 Å². The highest BCUT2D eigenvalue weighted by Gasteiger charge is 2.25. The minimum absolute atomic E-state index is 0.00985. The minimum atomic E-state index is -0.378. The van der Waals surface area contributed by atoms with Gasteiger partial charge in [-0.15, -0.1) is 0 Å². The number of piperidine rings is 1. The summed E-state index contributed by atoms with van der Waals surface area (Å²) in [5.41, 5.74) is 0.788. The van der Waals surface area contributed by atoms with Gasteiger partial charge in [0.05, 0.1) is 4.91 Å². The zero-order valence-electron chi connectivity index (χ0n) is 14.0. The van der Waals surface area contributed by atoms with E-state index in [1.165, 1.54) is 0 Å². The predicted octanol–water partition coefficient (Wildman–Crippen LogP) is 2.65. The number of carbonyl (C=O) groups excluding carboxylic acids is 3. The summed E-state index contributed by atoms with van der Waals surface area (Å²) in [4.78, 5) is 37.0. The Morgan fingerprint density at radius 2 is 1.96 bits per heavy atom. The smallest absolute Gasteiger partial charge is 0.290 e. The largest absolute Gasteiger partial charge is 0.484 e. The normalized spacial score (nSPS) is 20.0. The summed E-state index contributed by atoms with van der Waals surface area (Å²) >= 11 is 0.883. The maximum Gasteiger partial charge on any atom is 0.290 e. The number of nitrogens with zero attached hydrogens (tertiary/aromatic N) is 1. The SMILES string of the molecule is CC1CCN(C(=O)COc2ccc(/C=C3\SC(=O)NC3=O)cc2)CC1. The van der Waals surface area contributed by atoms with Gasteiger partial charge in [0.2, 0.25) is 0 Å². The molecule has 0 radical (unpaired) electrons. The molecule has 0 saturated carbocycles. The second-order valence-electron chi connectivity index (χ2n) is 6.27. The molecule has 0 atom stereocenters. The molecule has 0 aliphatic carbocycles. The highest BCUT2D eigenvalue weighted by molar-refractivity contribution is 8.18. The summed E-state index contributed by atoms with van der Waals surface area (Å²) in [6.45, 7) is 3.84. The highest BCUT2D eigenvalue weighted by atomic mass is 32.2. The predicted molar refractivity (Wildman–Crippen MR) is 96.0 cm³/mol. The molecule has 2 heterocycles. The molecule has 1 N–H and O–H groups in total. The molecule has 2 aliphatic rings. The van der Waals surface area contributed by atoms with Crippen LogP contribution in [-0.4, -0.2) is 41.6 Å². The molecule has 0 bridgehead atoms. The van der Waals surface area contributed by atoms with Crippen molar-refractivity contribution < 1.29 is 19.1 Å². The number of imide groups is 1. The number of hydrogen-bond donors (Lipinski definition) is 1. The summed E-state index contributed by atoms with van der Waals surface area (Å²) in [5.74, 6) is 0.912. The van der Waals surface area contributed by atoms with Crippen LogP contribution in [0.25, 0.3) is 6.08 Å². The fourth-order valence-corrected chi connectivity index (χ4v) is 3.41. The third-order valence-corrected chi connectivity index (χ3v) is 5.13. The summed E-state index contributed by atoms with van der Waals surface area (Å²) in [6, 6.07) is 7.06. The Bertz CT molecular complexity index is 706. The first-order valence-electron chi connectivity index (χ1n) is 8.27. The fourth-order valence-electron chi connectivity index (χ4n) is 2.73. The summed E-state index contributed by atoms with van der Waals surface area (Å²) in [7, 11) is 0. The van der Waals surface area contributed by atoms with Gasteiger partial charge in [-0.25, -0.2) is 0 Å². The average molecular weight is 360 g/mol. The van der Waals surface area contributed by atoms with Crippen LogP contribution in [0.2, 0.25) is 0 Å². The van der Waals surface area contributed by atoms with E-state index in [1.807, 2.05) is 4.90 Å². The molecule has 6 nitrogen and oxygen atoms in total. The molecule has 25 heavy (non-hydrogen) atoms. The molecule has 3 amide bonds. The highest BCUT2D eigenvalue weighted by Crippen LogP contribution is 2.26. The lowest BCUT2D eigenvalue weighted by Crippen LogP contribution is -2.40. The quantitative estimate of drug-likeness (QED) is 0.836. The van der Waals surface area contributed by atoms with E-state index < -0.39 is 0 Å². The first kappa shape index (κ1) is 17.5. The Kier molecular flexibility index (Phi) is 5.43. The van der Waals surface area contributed by atoms with Crippen LogP contribution in [0.4, 0.5) is 4.79 Å². The van der Waals surface area contributed by atoms with E-state index in [0.29, 0.717) is 16.6 Å².